The van der Waals surface area contributed by atoms with Gasteiger partial charge in [0.05, 0.1) is 11.1 Å². The SMILES string of the molecule is CCC[C@H](C)NC(=O)c1c2c(nc3ccccc13)CCC2. The number of fused-ring (bicyclic) bond motifs is 2. The molecule has 0 saturated heterocycles. The summed E-state index contributed by atoms with van der Waals surface area (Å²) in [4.78, 5) is 17.5. The van der Waals surface area contributed by atoms with Crippen LogP contribution in [0.1, 0.15) is 54.7 Å². The van der Waals surface area contributed by atoms with Crippen molar-refractivity contribution in [1.82, 2.24) is 10.3 Å². The molecule has 0 unspecified atom stereocenters. The van der Waals surface area contributed by atoms with Crippen molar-refractivity contribution >= 4 is 16.8 Å². The summed E-state index contributed by atoms with van der Waals surface area (Å²) < 4.78 is 0. The zero-order chi connectivity index (χ0) is 14.8. The van der Waals surface area contributed by atoms with Gasteiger partial charge in [0, 0.05) is 17.1 Å². The molecule has 1 atom stereocenters. The summed E-state index contributed by atoms with van der Waals surface area (Å²) in [5, 5.41) is 4.14. The number of pyridine rings is 1. The molecule has 3 heteroatoms. The first-order chi connectivity index (χ1) is 10.2. The lowest BCUT2D eigenvalue weighted by molar-refractivity contribution is 0.0939. The van der Waals surface area contributed by atoms with Crippen LogP contribution in [0.5, 0.6) is 0 Å². The van der Waals surface area contributed by atoms with Gasteiger partial charge in [0.2, 0.25) is 0 Å². The van der Waals surface area contributed by atoms with E-state index in [1.165, 1.54) is 0 Å². The minimum atomic E-state index is 0.0627. The molecule has 3 rings (SSSR count). The zero-order valence-corrected chi connectivity index (χ0v) is 12.8. The summed E-state index contributed by atoms with van der Waals surface area (Å²) >= 11 is 0. The van der Waals surface area contributed by atoms with Gasteiger partial charge < -0.3 is 5.32 Å². The fourth-order valence-corrected chi connectivity index (χ4v) is 3.27. The molecule has 1 aliphatic carbocycles. The Kier molecular flexibility index (Phi) is 3.91. The normalized spacial score (nSPS) is 15.0. The Morgan fingerprint density at radius 2 is 2.14 bits per heavy atom. The lowest BCUT2D eigenvalue weighted by Crippen LogP contribution is -2.33. The van der Waals surface area contributed by atoms with E-state index in [-0.39, 0.29) is 11.9 Å². The molecule has 0 spiro atoms. The number of para-hydroxylation sites is 1. The number of carbonyl (C=O) groups excluding carboxylic acids is 1. The van der Waals surface area contributed by atoms with Crippen LogP contribution >= 0.6 is 0 Å². The Morgan fingerprint density at radius 3 is 2.95 bits per heavy atom. The third-order valence-corrected chi connectivity index (χ3v) is 4.25. The van der Waals surface area contributed by atoms with Gasteiger partial charge in [-0.2, -0.15) is 0 Å². The molecule has 2 aromatic rings. The van der Waals surface area contributed by atoms with Crippen LogP contribution in [-0.4, -0.2) is 16.9 Å². The Morgan fingerprint density at radius 1 is 1.33 bits per heavy atom. The highest BCUT2D eigenvalue weighted by Gasteiger charge is 2.24. The fraction of sp³-hybridized carbons (Fsp3) is 0.444. The van der Waals surface area contributed by atoms with E-state index in [1.54, 1.807) is 0 Å². The number of rotatable bonds is 4. The number of benzene rings is 1. The molecule has 1 heterocycles. The smallest absolute Gasteiger partial charge is 0.252 e. The summed E-state index contributed by atoms with van der Waals surface area (Å²) in [5.74, 6) is 0.0627. The van der Waals surface area contributed by atoms with E-state index in [4.69, 9.17) is 4.98 Å². The molecule has 3 nitrogen and oxygen atoms in total. The zero-order valence-electron chi connectivity index (χ0n) is 12.8. The van der Waals surface area contributed by atoms with Gasteiger partial charge in [-0.05, 0) is 44.2 Å². The molecule has 21 heavy (non-hydrogen) atoms. The number of aryl methyl sites for hydroxylation is 1. The van der Waals surface area contributed by atoms with Crippen LogP contribution in [0, 0.1) is 0 Å². The molecule has 1 aromatic heterocycles. The molecule has 0 fully saturated rings. The molecule has 0 saturated carbocycles. The first-order valence-corrected chi connectivity index (χ1v) is 7.92. The van der Waals surface area contributed by atoms with Crippen molar-refractivity contribution < 1.29 is 4.79 Å². The van der Waals surface area contributed by atoms with Gasteiger partial charge in [-0.3, -0.25) is 9.78 Å². The van der Waals surface area contributed by atoms with Gasteiger partial charge in [0.25, 0.3) is 5.91 Å². The molecular formula is C18H22N2O. The van der Waals surface area contributed by atoms with E-state index in [2.05, 4.69) is 19.2 Å². The number of aromatic nitrogens is 1. The molecular weight excluding hydrogens is 260 g/mol. The minimum Gasteiger partial charge on any atom is -0.350 e. The van der Waals surface area contributed by atoms with E-state index in [0.717, 1.165) is 59.8 Å². The second kappa shape index (κ2) is 5.84. The van der Waals surface area contributed by atoms with Crippen molar-refractivity contribution in [2.45, 2.75) is 52.0 Å². The van der Waals surface area contributed by atoms with Gasteiger partial charge in [-0.15, -0.1) is 0 Å². The first kappa shape index (κ1) is 14.1. The van der Waals surface area contributed by atoms with Crippen molar-refractivity contribution in [3.8, 4) is 0 Å². The first-order valence-electron chi connectivity index (χ1n) is 7.92. The number of nitrogens with zero attached hydrogens (tertiary/aromatic N) is 1. The highest BCUT2D eigenvalue weighted by atomic mass is 16.1. The number of hydrogen-bond acceptors (Lipinski definition) is 2. The third-order valence-electron chi connectivity index (χ3n) is 4.25. The second-order valence-corrected chi connectivity index (χ2v) is 5.95. The average molecular weight is 282 g/mol. The summed E-state index contributed by atoms with van der Waals surface area (Å²) in [7, 11) is 0. The number of nitrogens with one attached hydrogen (secondary N) is 1. The van der Waals surface area contributed by atoms with Crippen LogP contribution in [-0.2, 0) is 12.8 Å². The van der Waals surface area contributed by atoms with E-state index in [0.29, 0.717) is 0 Å². The predicted octanol–water partition coefficient (Wildman–Crippen LogP) is 3.64. The quantitative estimate of drug-likeness (QED) is 0.930. The van der Waals surface area contributed by atoms with Crippen LogP contribution in [0.4, 0.5) is 0 Å². The van der Waals surface area contributed by atoms with Crippen LogP contribution in [0.2, 0.25) is 0 Å². The summed E-state index contributed by atoms with van der Waals surface area (Å²) in [6.45, 7) is 4.22. The summed E-state index contributed by atoms with van der Waals surface area (Å²) in [6.07, 6.45) is 5.15. The lowest BCUT2D eigenvalue weighted by Gasteiger charge is -2.16. The maximum atomic E-state index is 12.8. The topological polar surface area (TPSA) is 42.0 Å². The standard InChI is InChI=1S/C18H22N2O/c1-3-7-12(2)19-18(21)17-13-8-4-5-10-15(13)20-16-11-6-9-14(16)17/h4-5,8,10,12H,3,6-7,9,11H2,1-2H3,(H,19,21)/t12-/m0/s1. The second-order valence-electron chi connectivity index (χ2n) is 5.95. The molecule has 110 valence electrons. The molecule has 0 radical (unpaired) electrons. The molecule has 1 aliphatic rings. The Bertz CT molecular complexity index is 678. The van der Waals surface area contributed by atoms with Crippen LogP contribution < -0.4 is 5.32 Å². The highest BCUT2D eigenvalue weighted by Crippen LogP contribution is 2.29. The van der Waals surface area contributed by atoms with Crippen LogP contribution in [0.25, 0.3) is 10.9 Å². The number of hydrogen-bond donors (Lipinski definition) is 1. The van der Waals surface area contributed by atoms with Gasteiger partial charge in [0.1, 0.15) is 0 Å². The van der Waals surface area contributed by atoms with Crippen molar-refractivity contribution in [2.75, 3.05) is 0 Å². The minimum absolute atomic E-state index is 0.0627. The van der Waals surface area contributed by atoms with E-state index < -0.39 is 0 Å². The largest absolute Gasteiger partial charge is 0.350 e. The highest BCUT2D eigenvalue weighted by molar-refractivity contribution is 6.07. The van der Waals surface area contributed by atoms with Crippen molar-refractivity contribution in [1.29, 1.82) is 0 Å². The van der Waals surface area contributed by atoms with E-state index >= 15 is 0 Å². The maximum absolute atomic E-state index is 12.8. The van der Waals surface area contributed by atoms with Crippen molar-refractivity contribution in [2.24, 2.45) is 0 Å². The molecule has 1 amide bonds. The fourth-order valence-electron chi connectivity index (χ4n) is 3.27. The van der Waals surface area contributed by atoms with Gasteiger partial charge in [0.15, 0.2) is 0 Å². The molecule has 1 aromatic carbocycles. The van der Waals surface area contributed by atoms with E-state index in [1.807, 2.05) is 24.3 Å². The number of amides is 1. The lowest BCUT2D eigenvalue weighted by atomic mass is 10.00. The Balaban J connectivity index is 2.06. The maximum Gasteiger partial charge on any atom is 0.252 e. The van der Waals surface area contributed by atoms with E-state index in [9.17, 15) is 4.79 Å². The van der Waals surface area contributed by atoms with Gasteiger partial charge in [-0.25, -0.2) is 0 Å². The number of carbonyl (C=O) groups is 1. The average Bonchev–Trinajstić information content (AvgIpc) is 2.92. The molecule has 0 bridgehead atoms. The third kappa shape index (κ3) is 2.65. The van der Waals surface area contributed by atoms with Gasteiger partial charge >= 0.3 is 0 Å². The molecule has 1 N–H and O–H groups in total. The predicted molar refractivity (Wildman–Crippen MR) is 85.6 cm³/mol. The Hall–Kier alpha value is -1.90. The molecule has 0 aliphatic heterocycles. The Labute approximate surface area is 125 Å². The van der Waals surface area contributed by atoms with Crippen LogP contribution in [0.3, 0.4) is 0 Å². The van der Waals surface area contributed by atoms with Crippen molar-refractivity contribution in [3.05, 3.63) is 41.1 Å². The monoisotopic (exact) mass is 282 g/mol. The van der Waals surface area contributed by atoms with Gasteiger partial charge in [-0.1, -0.05) is 31.5 Å². The van der Waals surface area contributed by atoms with Crippen molar-refractivity contribution in [3.63, 3.8) is 0 Å². The summed E-state index contributed by atoms with van der Waals surface area (Å²) in [5.41, 5.74) is 4.07. The summed E-state index contributed by atoms with van der Waals surface area (Å²) in [6, 6.07) is 8.20. The van der Waals surface area contributed by atoms with Crippen LogP contribution in [0.15, 0.2) is 24.3 Å².